The van der Waals surface area contributed by atoms with Crippen molar-refractivity contribution in [1.29, 1.82) is 0 Å². The summed E-state index contributed by atoms with van der Waals surface area (Å²) in [5.74, 6) is -0.0577. The molecule has 18 heavy (non-hydrogen) atoms. The predicted molar refractivity (Wildman–Crippen MR) is 67.1 cm³/mol. The first-order valence-corrected chi connectivity index (χ1v) is 5.92. The van der Waals surface area contributed by atoms with Crippen LogP contribution in [-0.2, 0) is 4.74 Å². The topological polar surface area (TPSA) is 68.7 Å². The standard InChI is InChI=1S/C13H19NO4/c1-9(2)8-17-6-7-18-12-5-4-11(13(15)16)10(3)14-12/h4-5,9H,6-8H2,1-3H3,(H,15,16). The molecule has 5 heteroatoms. The van der Waals surface area contributed by atoms with Crippen molar-refractivity contribution in [2.24, 2.45) is 5.92 Å². The zero-order chi connectivity index (χ0) is 13.5. The Bertz CT molecular complexity index is 404. The maximum absolute atomic E-state index is 10.8. The lowest BCUT2D eigenvalue weighted by atomic mass is 10.2. The molecule has 0 unspecified atom stereocenters. The summed E-state index contributed by atoms with van der Waals surface area (Å²) >= 11 is 0. The van der Waals surface area contributed by atoms with Gasteiger partial charge in [0.25, 0.3) is 0 Å². The van der Waals surface area contributed by atoms with Crippen molar-refractivity contribution in [3.05, 3.63) is 23.4 Å². The first-order chi connectivity index (χ1) is 8.50. The fraction of sp³-hybridized carbons (Fsp3) is 0.538. The summed E-state index contributed by atoms with van der Waals surface area (Å²) in [7, 11) is 0. The Morgan fingerprint density at radius 3 is 2.67 bits per heavy atom. The Morgan fingerprint density at radius 1 is 1.39 bits per heavy atom. The fourth-order valence-corrected chi connectivity index (χ4v) is 1.37. The molecule has 0 atom stereocenters. The van der Waals surface area contributed by atoms with Crippen molar-refractivity contribution in [1.82, 2.24) is 4.98 Å². The molecule has 0 fully saturated rings. The molecule has 0 saturated carbocycles. The van der Waals surface area contributed by atoms with Crippen molar-refractivity contribution in [3.63, 3.8) is 0 Å². The number of hydrogen-bond donors (Lipinski definition) is 1. The van der Waals surface area contributed by atoms with E-state index in [1.54, 1.807) is 13.0 Å². The zero-order valence-corrected chi connectivity index (χ0v) is 11.0. The van der Waals surface area contributed by atoms with Gasteiger partial charge in [-0.1, -0.05) is 13.8 Å². The molecule has 0 aliphatic heterocycles. The highest BCUT2D eigenvalue weighted by Crippen LogP contribution is 2.12. The van der Waals surface area contributed by atoms with Gasteiger partial charge in [-0.3, -0.25) is 0 Å². The molecule has 1 aromatic rings. The smallest absolute Gasteiger partial charge is 0.337 e. The number of hydrogen-bond acceptors (Lipinski definition) is 4. The highest BCUT2D eigenvalue weighted by molar-refractivity contribution is 5.88. The molecule has 0 bridgehead atoms. The van der Waals surface area contributed by atoms with Gasteiger partial charge in [0.2, 0.25) is 5.88 Å². The lowest BCUT2D eigenvalue weighted by Gasteiger charge is -2.09. The molecule has 1 heterocycles. The number of carbonyl (C=O) groups is 1. The molecule has 0 saturated heterocycles. The highest BCUT2D eigenvalue weighted by Gasteiger charge is 2.08. The van der Waals surface area contributed by atoms with Crippen LogP contribution >= 0.6 is 0 Å². The summed E-state index contributed by atoms with van der Waals surface area (Å²) in [6.07, 6.45) is 0. The van der Waals surface area contributed by atoms with Gasteiger partial charge in [0.15, 0.2) is 0 Å². The van der Waals surface area contributed by atoms with Crippen LogP contribution in [0.15, 0.2) is 12.1 Å². The van der Waals surface area contributed by atoms with Crippen LogP contribution in [0, 0.1) is 12.8 Å². The van der Waals surface area contributed by atoms with E-state index in [0.29, 0.717) is 37.3 Å². The van der Waals surface area contributed by atoms with E-state index in [0.717, 1.165) is 0 Å². The lowest BCUT2D eigenvalue weighted by molar-refractivity contribution is 0.0694. The lowest BCUT2D eigenvalue weighted by Crippen LogP contribution is -2.11. The highest BCUT2D eigenvalue weighted by atomic mass is 16.5. The number of carboxylic acid groups (broad SMARTS) is 1. The summed E-state index contributed by atoms with van der Waals surface area (Å²) in [5, 5.41) is 8.85. The summed E-state index contributed by atoms with van der Waals surface area (Å²) < 4.78 is 10.7. The van der Waals surface area contributed by atoms with E-state index in [4.69, 9.17) is 14.6 Å². The van der Waals surface area contributed by atoms with Crippen LogP contribution in [-0.4, -0.2) is 35.9 Å². The molecule has 0 spiro atoms. The van der Waals surface area contributed by atoms with E-state index in [-0.39, 0.29) is 5.56 Å². The Labute approximate surface area is 107 Å². The number of rotatable bonds is 7. The van der Waals surface area contributed by atoms with Crippen LogP contribution in [0.1, 0.15) is 29.9 Å². The van der Waals surface area contributed by atoms with Crippen molar-refractivity contribution in [3.8, 4) is 5.88 Å². The largest absolute Gasteiger partial charge is 0.478 e. The molecule has 1 aromatic heterocycles. The van der Waals surface area contributed by atoms with Gasteiger partial charge in [0.1, 0.15) is 6.61 Å². The van der Waals surface area contributed by atoms with Gasteiger partial charge in [-0.15, -0.1) is 0 Å². The zero-order valence-electron chi connectivity index (χ0n) is 11.0. The molecular formula is C13H19NO4. The van der Waals surface area contributed by atoms with Gasteiger partial charge < -0.3 is 14.6 Å². The van der Waals surface area contributed by atoms with E-state index < -0.39 is 5.97 Å². The van der Waals surface area contributed by atoms with E-state index in [1.165, 1.54) is 6.07 Å². The second-order valence-corrected chi connectivity index (χ2v) is 4.40. The third-order valence-electron chi connectivity index (χ3n) is 2.22. The number of aromatic carboxylic acids is 1. The van der Waals surface area contributed by atoms with Crippen molar-refractivity contribution in [2.75, 3.05) is 19.8 Å². The molecule has 5 nitrogen and oxygen atoms in total. The van der Waals surface area contributed by atoms with Gasteiger partial charge in [-0.05, 0) is 18.9 Å². The monoisotopic (exact) mass is 253 g/mol. The van der Waals surface area contributed by atoms with Crippen molar-refractivity contribution >= 4 is 5.97 Å². The molecule has 0 aliphatic carbocycles. The number of pyridine rings is 1. The fourth-order valence-electron chi connectivity index (χ4n) is 1.37. The number of carboxylic acids is 1. The predicted octanol–water partition coefficient (Wildman–Crippen LogP) is 2.14. The summed E-state index contributed by atoms with van der Waals surface area (Å²) in [4.78, 5) is 14.9. The second-order valence-electron chi connectivity index (χ2n) is 4.40. The average Bonchev–Trinajstić information content (AvgIpc) is 2.27. The normalized spacial score (nSPS) is 10.7. The molecule has 0 aliphatic rings. The summed E-state index contributed by atoms with van der Waals surface area (Å²) in [5.41, 5.74) is 0.640. The Kier molecular flexibility index (Phi) is 5.58. The average molecular weight is 253 g/mol. The van der Waals surface area contributed by atoms with Gasteiger partial charge in [-0.25, -0.2) is 9.78 Å². The third-order valence-corrected chi connectivity index (χ3v) is 2.22. The van der Waals surface area contributed by atoms with E-state index in [9.17, 15) is 4.79 Å². The minimum absolute atomic E-state index is 0.193. The van der Waals surface area contributed by atoms with Gasteiger partial charge in [0.05, 0.1) is 17.9 Å². The van der Waals surface area contributed by atoms with Crippen molar-refractivity contribution < 1.29 is 19.4 Å². The second kappa shape index (κ2) is 6.96. The van der Waals surface area contributed by atoms with E-state index >= 15 is 0 Å². The van der Waals surface area contributed by atoms with E-state index in [2.05, 4.69) is 18.8 Å². The number of aryl methyl sites for hydroxylation is 1. The number of nitrogens with zero attached hydrogens (tertiary/aromatic N) is 1. The minimum Gasteiger partial charge on any atom is -0.478 e. The van der Waals surface area contributed by atoms with Gasteiger partial charge >= 0.3 is 5.97 Å². The Morgan fingerprint density at radius 2 is 2.11 bits per heavy atom. The van der Waals surface area contributed by atoms with Crippen LogP contribution < -0.4 is 4.74 Å². The minimum atomic E-state index is -0.980. The van der Waals surface area contributed by atoms with Crippen molar-refractivity contribution in [2.45, 2.75) is 20.8 Å². The first-order valence-electron chi connectivity index (χ1n) is 5.92. The molecule has 100 valence electrons. The third kappa shape index (κ3) is 4.71. The number of aromatic nitrogens is 1. The quantitative estimate of drug-likeness (QED) is 0.754. The molecule has 1 N–H and O–H groups in total. The van der Waals surface area contributed by atoms with Gasteiger partial charge in [-0.2, -0.15) is 0 Å². The maximum atomic E-state index is 10.8. The van der Waals surface area contributed by atoms with Crippen LogP contribution in [0.4, 0.5) is 0 Å². The van der Waals surface area contributed by atoms with E-state index in [1.807, 2.05) is 0 Å². The first kappa shape index (κ1) is 14.4. The number of ether oxygens (including phenoxy) is 2. The van der Waals surface area contributed by atoms with Crippen LogP contribution in [0.3, 0.4) is 0 Å². The van der Waals surface area contributed by atoms with Crippen LogP contribution in [0.25, 0.3) is 0 Å². The SMILES string of the molecule is Cc1nc(OCCOCC(C)C)ccc1C(=O)O. The molecule has 0 amide bonds. The summed E-state index contributed by atoms with van der Waals surface area (Å²) in [6.45, 7) is 7.41. The summed E-state index contributed by atoms with van der Waals surface area (Å²) in [6, 6.07) is 3.05. The molecule has 1 rings (SSSR count). The van der Waals surface area contributed by atoms with Gasteiger partial charge in [0, 0.05) is 12.7 Å². The van der Waals surface area contributed by atoms with Crippen LogP contribution in [0.5, 0.6) is 5.88 Å². The maximum Gasteiger partial charge on any atom is 0.337 e. The molecule has 0 radical (unpaired) electrons. The van der Waals surface area contributed by atoms with Crippen LogP contribution in [0.2, 0.25) is 0 Å². The molecular weight excluding hydrogens is 234 g/mol. The Balaban J connectivity index is 2.39. The molecule has 0 aromatic carbocycles. The Hall–Kier alpha value is -1.62.